The smallest absolute Gasteiger partial charge is 0.460 e. The second kappa shape index (κ2) is 37.4. The molecule has 1 N–H and O–H groups in total. The molecule has 0 saturated heterocycles. The number of aromatic carboxylic acids is 1. The lowest BCUT2D eigenvalue weighted by Crippen LogP contribution is -2.76. The Balaban J connectivity index is 3.53. The largest absolute Gasteiger partial charge is 0.490 e. The summed E-state index contributed by atoms with van der Waals surface area (Å²) in [6.07, 6.45) is -48.5. The molecule has 0 aliphatic rings. The van der Waals surface area contributed by atoms with Crippen LogP contribution >= 0.6 is 0 Å². The third kappa shape index (κ3) is 19.9. The van der Waals surface area contributed by atoms with Crippen LogP contribution in [0.1, 0.15) is 145 Å². The number of carboxylic acid groups (broad SMARTS) is 1. The van der Waals surface area contributed by atoms with Crippen molar-refractivity contribution in [3.8, 4) is 17.2 Å². The third-order valence-corrected chi connectivity index (χ3v) is 18.4. The van der Waals surface area contributed by atoms with Gasteiger partial charge in [-0.15, -0.1) is 0 Å². The van der Waals surface area contributed by atoms with E-state index in [0.29, 0.717) is 12.1 Å². The van der Waals surface area contributed by atoms with Gasteiger partial charge in [0.25, 0.3) is 0 Å². The van der Waals surface area contributed by atoms with Crippen LogP contribution in [-0.2, 0) is 0 Å². The van der Waals surface area contributed by atoms with Gasteiger partial charge in [-0.25, -0.2) is 4.79 Å². The lowest BCUT2D eigenvalue weighted by atomic mass is 9.85. The summed E-state index contributed by atoms with van der Waals surface area (Å²) in [5.74, 6) is -243. The molecule has 0 unspecified atom stereocenters. The molecule has 0 aliphatic heterocycles. The average molecular weight is 2060 g/mol. The summed E-state index contributed by atoms with van der Waals surface area (Å²) in [6, 6.07) is 1.01. The van der Waals surface area contributed by atoms with Crippen LogP contribution in [0.4, 0.5) is 277 Å². The van der Waals surface area contributed by atoms with Gasteiger partial charge in [0, 0.05) is 19.3 Å². The zero-order valence-electron chi connectivity index (χ0n) is 61.5. The molecule has 0 fully saturated rings. The summed E-state index contributed by atoms with van der Waals surface area (Å²) < 4.78 is 886. The van der Waals surface area contributed by atoms with Gasteiger partial charge in [-0.05, 0) is 50.7 Å². The van der Waals surface area contributed by atoms with Crippen molar-refractivity contribution in [1.29, 1.82) is 0 Å². The fourth-order valence-electron chi connectivity index (χ4n) is 10.3. The molecule has 129 heavy (non-hydrogen) atoms. The predicted molar refractivity (Wildman–Crippen MR) is 299 cm³/mol. The van der Waals surface area contributed by atoms with Crippen molar-refractivity contribution >= 4 is 5.97 Å². The molecule has 766 valence electrons. The van der Waals surface area contributed by atoms with Crippen LogP contribution in [-0.4, -0.2) is 209 Å². The van der Waals surface area contributed by atoms with E-state index in [4.69, 9.17) is 14.2 Å². The highest BCUT2D eigenvalue weighted by Crippen LogP contribution is 2.72. The van der Waals surface area contributed by atoms with E-state index in [2.05, 4.69) is 0 Å². The van der Waals surface area contributed by atoms with Crippen molar-refractivity contribution in [2.24, 2.45) is 0 Å². The van der Waals surface area contributed by atoms with Gasteiger partial charge in [-0.3, -0.25) is 0 Å². The number of carbonyl (C=O) groups is 1. The molecule has 1 aromatic carbocycles. The second-order valence-corrected chi connectivity index (χ2v) is 27.7. The highest BCUT2D eigenvalue weighted by molar-refractivity contribution is 5.89. The molecule has 0 saturated carbocycles. The Morgan fingerprint density at radius 3 is 0.473 bits per heavy atom. The predicted octanol–water partition coefficient (Wildman–Crippen LogP) is 29.6. The van der Waals surface area contributed by atoms with E-state index in [0.717, 1.165) is 0 Å². The zero-order valence-corrected chi connectivity index (χ0v) is 61.5. The summed E-state index contributed by atoms with van der Waals surface area (Å²) in [7, 11) is 0. The number of hydrogen-bond acceptors (Lipinski definition) is 4. The number of benzene rings is 1. The molecule has 0 heterocycles. The van der Waals surface area contributed by atoms with Crippen LogP contribution < -0.4 is 14.2 Å². The van der Waals surface area contributed by atoms with Gasteiger partial charge in [0.05, 0.1) is 25.4 Å². The number of alkyl halides is 63. The highest BCUT2D eigenvalue weighted by atomic mass is 19.5. The second-order valence-electron chi connectivity index (χ2n) is 27.7. The Labute approximate surface area is 674 Å². The number of rotatable bonds is 55. The number of halogens is 63. The number of unbranched alkanes of at least 4 members (excludes halogenated alkanes) is 15. The number of hydrogen-bond donors (Lipinski definition) is 1. The summed E-state index contributed by atoms with van der Waals surface area (Å²) in [6.45, 7) is -2.52. The van der Waals surface area contributed by atoms with Gasteiger partial charge >= 0.3 is 184 Å². The van der Waals surface area contributed by atoms with Crippen molar-refractivity contribution in [1.82, 2.24) is 0 Å². The third-order valence-electron chi connectivity index (χ3n) is 18.4. The van der Waals surface area contributed by atoms with Crippen molar-refractivity contribution in [3.63, 3.8) is 0 Å². The summed E-state index contributed by atoms with van der Waals surface area (Å²) in [4.78, 5) is 12.1. The average Bonchev–Trinajstić information content (AvgIpc) is 0.692. The first-order valence-electron chi connectivity index (χ1n) is 34.0. The molecule has 0 aliphatic carbocycles. The van der Waals surface area contributed by atoms with Crippen LogP contribution in [0.25, 0.3) is 0 Å². The zero-order chi connectivity index (χ0) is 103. The number of ether oxygens (including phenoxy) is 3. The Morgan fingerprint density at radius 1 is 0.186 bits per heavy atom. The van der Waals surface area contributed by atoms with E-state index in [-0.39, 0.29) is 0 Å². The lowest BCUT2D eigenvalue weighted by Gasteiger charge is -2.44. The molecule has 1 rings (SSSR count). The molecule has 0 bridgehead atoms. The van der Waals surface area contributed by atoms with E-state index < -0.39 is 362 Å². The van der Waals surface area contributed by atoms with Crippen LogP contribution in [0.5, 0.6) is 17.2 Å². The molecule has 68 heteroatoms. The molecule has 0 radical (unpaired) electrons. The van der Waals surface area contributed by atoms with E-state index in [9.17, 15) is 286 Å². The lowest BCUT2D eigenvalue weighted by molar-refractivity contribution is -0.474. The maximum absolute atomic E-state index is 14.5. The van der Waals surface area contributed by atoms with Gasteiger partial charge < -0.3 is 19.3 Å². The van der Waals surface area contributed by atoms with Crippen LogP contribution in [0.15, 0.2) is 12.1 Å². The van der Waals surface area contributed by atoms with Crippen molar-refractivity contribution < 1.29 is 301 Å². The minimum atomic E-state index is -9.47. The Bertz CT molecular complexity index is 3640. The fraction of sp³-hybridized carbons (Fsp3) is 0.885. The first-order chi connectivity index (χ1) is 56.3. The molecule has 0 spiro atoms. The first kappa shape index (κ1) is 121. The summed E-state index contributed by atoms with van der Waals surface area (Å²) in [5.41, 5.74) is -0.958. The Kier molecular flexibility index (Phi) is 35.0. The van der Waals surface area contributed by atoms with Crippen molar-refractivity contribution in [2.75, 3.05) is 19.8 Å². The van der Waals surface area contributed by atoms with Gasteiger partial charge in [0.1, 0.15) is 0 Å². The normalized spacial score (nSPS) is 15.9. The molecule has 5 nitrogen and oxygen atoms in total. The van der Waals surface area contributed by atoms with Gasteiger partial charge in [0.15, 0.2) is 11.5 Å². The molecule has 0 amide bonds. The fourth-order valence-corrected chi connectivity index (χ4v) is 10.3. The molecular formula is C61H51F63O5. The maximum Gasteiger partial charge on any atom is 0.460 e. The molecular weight excluding hydrogens is 2010 g/mol. The van der Waals surface area contributed by atoms with Gasteiger partial charge in [-0.2, -0.15) is 277 Å². The minimum Gasteiger partial charge on any atom is -0.490 e. The quantitative estimate of drug-likeness (QED) is 0.0520. The van der Waals surface area contributed by atoms with Crippen LogP contribution in [0.2, 0.25) is 0 Å². The topological polar surface area (TPSA) is 65.0 Å². The van der Waals surface area contributed by atoms with Crippen LogP contribution in [0, 0.1) is 0 Å². The van der Waals surface area contributed by atoms with Crippen molar-refractivity contribution in [3.05, 3.63) is 17.7 Å². The maximum atomic E-state index is 14.5. The molecule has 0 atom stereocenters. The SMILES string of the molecule is O=C(O)c1cc(OCCCCCCCCC(F)(F)C(F)(F)C(F)(F)C(F)(F)C(F)(F)C(F)(F)C(F)(F)C(F)(F)C(F)(F)C(F)(F)F)c(OCCCCCCCCC(F)(F)C(F)(F)C(F)(F)C(F)(F)C(F)(F)C(F)(F)C(F)(F)C(F)(F)C(F)(F)C(F)(F)F)c(OCCCCCCCCC(F)(F)C(F)(F)C(F)(F)C(F)(F)C(F)(F)C(F)(F)C(F)(F)C(F)(F)C(F)(F)C(F)(F)F)c1. The van der Waals surface area contributed by atoms with E-state index in [1.165, 1.54) is 0 Å². The Hall–Kier alpha value is -6.32. The Morgan fingerprint density at radius 2 is 0.318 bits per heavy atom. The van der Waals surface area contributed by atoms with Crippen molar-refractivity contribution in [2.45, 2.75) is 313 Å². The standard InChI is InChI=1S/C61H51F63O5/c62-32(63,35(68,69)38(74,75)41(80,81)44(86,87)47(92,93)50(98,99)53(104,105)56(110,111)59(116,117)118)19-13-7-1-4-10-16-22-127-28-25-27(31(125)126)26-29(128-23-17-11-5-2-8-14-20-33(64,65)36(70,71)39(76,77)42(82,83)45(88,89)48(94,95)51(100,101)54(106,107)57(112,113)60(119,120)121)30(28)129-24-18-12-6-3-9-15-21-34(66,67)37(72,73)40(78,79)43(84,85)46(90,91)49(96,97)52(102,103)55(108,109)58(114,115)61(122,123)124/h25-26H,1-24H2,(H,125,126). The van der Waals surface area contributed by atoms with E-state index in [1.54, 1.807) is 0 Å². The monoisotopic (exact) mass is 2060 g/mol. The van der Waals surface area contributed by atoms with E-state index >= 15 is 0 Å². The summed E-state index contributed by atoms with van der Waals surface area (Å²) in [5, 5.41) is 9.77. The molecule has 1 aromatic rings. The minimum absolute atomic E-state index is 0.424. The molecule has 0 aromatic heterocycles. The first-order valence-corrected chi connectivity index (χ1v) is 34.0. The van der Waals surface area contributed by atoms with Gasteiger partial charge in [0.2, 0.25) is 5.75 Å². The van der Waals surface area contributed by atoms with Crippen LogP contribution in [0.3, 0.4) is 0 Å². The van der Waals surface area contributed by atoms with Gasteiger partial charge in [-0.1, -0.05) is 77.0 Å². The summed E-state index contributed by atoms with van der Waals surface area (Å²) >= 11 is 0. The number of carboxylic acids is 1. The van der Waals surface area contributed by atoms with E-state index in [1.807, 2.05) is 0 Å². The highest BCUT2D eigenvalue weighted by Gasteiger charge is 3.02.